The minimum atomic E-state index is 0.318. The van der Waals surface area contributed by atoms with E-state index in [9.17, 15) is 0 Å². The lowest BCUT2D eigenvalue weighted by atomic mass is 10.0. The maximum atomic E-state index is 8.89. The summed E-state index contributed by atoms with van der Waals surface area (Å²) < 4.78 is 5.55. The summed E-state index contributed by atoms with van der Waals surface area (Å²) in [7, 11) is 0. The number of rotatable bonds is 13. The minimum absolute atomic E-state index is 0.318. The van der Waals surface area contributed by atoms with Gasteiger partial charge >= 0.3 is 0 Å². The molecule has 0 amide bonds. The van der Waals surface area contributed by atoms with E-state index in [1.807, 2.05) is 18.2 Å². The molecule has 0 bridgehead atoms. The molecule has 0 aromatic carbocycles. The van der Waals surface area contributed by atoms with Crippen molar-refractivity contribution in [2.24, 2.45) is 5.92 Å². The lowest BCUT2D eigenvalue weighted by Crippen LogP contribution is -2.00. The summed E-state index contributed by atoms with van der Waals surface area (Å²) in [4.78, 5) is 0. The molecule has 1 unspecified atom stereocenters. The predicted molar refractivity (Wildman–Crippen MR) is 83.2 cm³/mol. The standard InChI is InChI=1S/C17H30O2/c1-3-4-5-6-8-11-14-19-15-12-9-7-10-13-17(2)16-18/h3-6,8,17-18H,1,7,9-16H2,2H3/b5-4-,8-6-. The van der Waals surface area contributed by atoms with Crippen molar-refractivity contribution < 1.29 is 9.84 Å². The van der Waals surface area contributed by atoms with E-state index in [4.69, 9.17) is 9.84 Å². The number of allylic oxidation sites excluding steroid dienone is 4. The molecule has 0 aliphatic carbocycles. The van der Waals surface area contributed by atoms with Gasteiger partial charge in [0, 0.05) is 13.2 Å². The Labute approximate surface area is 118 Å². The summed E-state index contributed by atoms with van der Waals surface area (Å²) in [6.45, 7) is 7.69. The molecule has 1 atom stereocenters. The largest absolute Gasteiger partial charge is 0.396 e. The fourth-order valence-electron chi connectivity index (χ4n) is 1.71. The van der Waals surface area contributed by atoms with Crippen LogP contribution in [0.25, 0.3) is 0 Å². The average molecular weight is 266 g/mol. The Morgan fingerprint density at radius 2 is 1.84 bits per heavy atom. The van der Waals surface area contributed by atoms with Crippen LogP contribution in [-0.2, 0) is 4.74 Å². The number of aliphatic hydroxyl groups is 1. The van der Waals surface area contributed by atoms with Crippen molar-refractivity contribution in [1.82, 2.24) is 0 Å². The van der Waals surface area contributed by atoms with Crippen LogP contribution in [0.1, 0.15) is 45.4 Å². The van der Waals surface area contributed by atoms with Gasteiger partial charge in [0.2, 0.25) is 0 Å². The van der Waals surface area contributed by atoms with Gasteiger partial charge in [0.05, 0.1) is 6.61 Å². The number of hydrogen-bond donors (Lipinski definition) is 1. The molecular formula is C17H30O2. The van der Waals surface area contributed by atoms with Crippen molar-refractivity contribution in [3.8, 4) is 0 Å². The van der Waals surface area contributed by atoms with Crippen molar-refractivity contribution in [2.75, 3.05) is 19.8 Å². The van der Waals surface area contributed by atoms with Crippen LogP contribution in [-0.4, -0.2) is 24.9 Å². The Balaban J connectivity index is 3.12. The van der Waals surface area contributed by atoms with Crippen LogP contribution in [0.2, 0.25) is 0 Å². The van der Waals surface area contributed by atoms with E-state index in [1.165, 1.54) is 19.3 Å². The molecule has 0 aromatic heterocycles. The van der Waals surface area contributed by atoms with Crippen LogP contribution in [0.15, 0.2) is 37.0 Å². The SMILES string of the molecule is C=C/C=C\C=C/CCOCCCCCCC(C)CO. The average Bonchev–Trinajstić information content (AvgIpc) is 2.43. The van der Waals surface area contributed by atoms with E-state index in [-0.39, 0.29) is 0 Å². The minimum Gasteiger partial charge on any atom is -0.396 e. The van der Waals surface area contributed by atoms with Crippen molar-refractivity contribution in [2.45, 2.75) is 45.4 Å². The second kappa shape index (κ2) is 15.2. The smallest absolute Gasteiger partial charge is 0.0500 e. The van der Waals surface area contributed by atoms with Gasteiger partial charge in [-0.05, 0) is 25.2 Å². The highest BCUT2D eigenvalue weighted by Crippen LogP contribution is 2.09. The Bertz CT molecular complexity index is 244. The van der Waals surface area contributed by atoms with Crippen LogP contribution in [0.5, 0.6) is 0 Å². The van der Waals surface area contributed by atoms with Gasteiger partial charge in [-0.25, -0.2) is 0 Å². The van der Waals surface area contributed by atoms with E-state index in [0.717, 1.165) is 32.5 Å². The van der Waals surface area contributed by atoms with E-state index in [1.54, 1.807) is 6.08 Å². The fraction of sp³-hybridized carbons (Fsp3) is 0.647. The quantitative estimate of drug-likeness (QED) is 0.398. The van der Waals surface area contributed by atoms with Crippen molar-refractivity contribution in [3.63, 3.8) is 0 Å². The van der Waals surface area contributed by atoms with E-state index < -0.39 is 0 Å². The number of aliphatic hydroxyl groups excluding tert-OH is 1. The molecular weight excluding hydrogens is 236 g/mol. The first-order chi connectivity index (χ1) is 9.31. The second-order valence-electron chi connectivity index (χ2n) is 4.94. The van der Waals surface area contributed by atoms with Crippen molar-refractivity contribution >= 4 is 0 Å². The Hall–Kier alpha value is -0.860. The third-order valence-corrected chi connectivity index (χ3v) is 2.97. The van der Waals surface area contributed by atoms with Gasteiger partial charge in [-0.2, -0.15) is 0 Å². The topological polar surface area (TPSA) is 29.5 Å². The molecule has 0 spiro atoms. The Morgan fingerprint density at radius 1 is 1.05 bits per heavy atom. The summed E-state index contributed by atoms with van der Waals surface area (Å²) in [5.74, 6) is 0.457. The first-order valence-electron chi connectivity index (χ1n) is 7.44. The lowest BCUT2D eigenvalue weighted by molar-refractivity contribution is 0.134. The third kappa shape index (κ3) is 15.1. The van der Waals surface area contributed by atoms with E-state index >= 15 is 0 Å². The summed E-state index contributed by atoms with van der Waals surface area (Å²) in [6.07, 6.45) is 16.7. The maximum absolute atomic E-state index is 8.89. The molecule has 0 heterocycles. The van der Waals surface area contributed by atoms with Crippen LogP contribution >= 0.6 is 0 Å². The molecule has 0 saturated heterocycles. The summed E-state index contributed by atoms with van der Waals surface area (Å²) >= 11 is 0. The summed E-state index contributed by atoms with van der Waals surface area (Å²) in [6, 6.07) is 0. The summed E-state index contributed by atoms with van der Waals surface area (Å²) in [5.41, 5.74) is 0. The normalized spacial score (nSPS) is 13.4. The van der Waals surface area contributed by atoms with Gasteiger partial charge in [0.15, 0.2) is 0 Å². The van der Waals surface area contributed by atoms with Crippen molar-refractivity contribution in [1.29, 1.82) is 0 Å². The molecule has 0 rings (SSSR count). The molecule has 2 nitrogen and oxygen atoms in total. The zero-order valence-electron chi connectivity index (χ0n) is 12.4. The van der Waals surface area contributed by atoms with Gasteiger partial charge in [-0.15, -0.1) is 0 Å². The molecule has 0 fully saturated rings. The van der Waals surface area contributed by atoms with E-state index in [0.29, 0.717) is 12.5 Å². The van der Waals surface area contributed by atoms with Crippen LogP contribution in [0, 0.1) is 5.92 Å². The molecule has 19 heavy (non-hydrogen) atoms. The second-order valence-corrected chi connectivity index (χ2v) is 4.94. The highest BCUT2D eigenvalue weighted by atomic mass is 16.5. The Morgan fingerprint density at radius 3 is 2.58 bits per heavy atom. The van der Waals surface area contributed by atoms with Crippen LogP contribution < -0.4 is 0 Å². The van der Waals surface area contributed by atoms with Gasteiger partial charge in [-0.3, -0.25) is 0 Å². The lowest BCUT2D eigenvalue weighted by Gasteiger charge is -2.07. The van der Waals surface area contributed by atoms with Gasteiger partial charge < -0.3 is 9.84 Å². The van der Waals surface area contributed by atoms with Gasteiger partial charge in [0.1, 0.15) is 0 Å². The summed E-state index contributed by atoms with van der Waals surface area (Å²) in [5, 5.41) is 8.89. The first-order valence-corrected chi connectivity index (χ1v) is 7.44. The molecule has 0 saturated carbocycles. The number of unbranched alkanes of at least 4 members (excludes halogenated alkanes) is 3. The van der Waals surface area contributed by atoms with Gasteiger partial charge in [0.25, 0.3) is 0 Å². The zero-order chi connectivity index (χ0) is 14.2. The van der Waals surface area contributed by atoms with Crippen LogP contribution in [0.4, 0.5) is 0 Å². The molecule has 0 aliphatic rings. The molecule has 0 aromatic rings. The van der Waals surface area contributed by atoms with E-state index in [2.05, 4.69) is 19.6 Å². The molecule has 110 valence electrons. The molecule has 1 N–H and O–H groups in total. The Kier molecular flexibility index (Phi) is 14.5. The van der Waals surface area contributed by atoms with Gasteiger partial charge in [-0.1, -0.05) is 63.1 Å². The fourth-order valence-corrected chi connectivity index (χ4v) is 1.71. The molecule has 0 aliphatic heterocycles. The third-order valence-electron chi connectivity index (χ3n) is 2.97. The maximum Gasteiger partial charge on any atom is 0.0500 e. The highest BCUT2D eigenvalue weighted by Gasteiger charge is 1.98. The highest BCUT2D eigenvalue weighted by molar-refractivity contribution is 5.08. The number of ether oxygens (including phenoxy) is 1. The van der Waals surface area contributed by atoms with Crippen LogP contribution in [0.3, 0.4) is 0 Å². The predicted octanol–water partition coefficient (Wildman–Crippen LogP) is 4.27. The first kappa shape index (κ1) is 18.1. The van der Waals surface area contributed by atoms with Crippen molar-refractivity contribution in [3.05, 3.63) is 37.0 Å². The molecule has 2 heteroatoms. The monoisotopic (exact) mass is 266 g/mol. The molecule has 0 radical (unpaired) electrons. The number of hydrogen-bond acceptors (Lipinski definition) is 2. The zero-order valence-corrected chi connectivity index (χ0v) is 12.4.